The fraction of sp³-hybridized carbons (Fsp3) is 0.200. The molecule has 0 aliphatic rings. The molecule has 0 saturated heterocycles. The predicted octanol–water partition coefficient (Wildman–Crippen LogP) is 1.86. The molecule has 0 aliphatic carbocycles. The fourth-order valence-corrected chi connectivity index (χ4v) is 2.54. The molecular formula is C10H8ClNO3S. The molecule has 1 aromatic rings. The van der Waals surface area contributed by atoms with Gasteiger partial charge in [-0.05, 0) is 24.1 Å². The van der Waals surface area contributed by atoms with Crippen molar-refractivity contribution < 1.29 is 13.2 Å². The first kappa shape index (κ1) is 12.7. The van der Waals surface area contributed by atoms with Gasteiger partial charge in [0.2, 0.25) is 0 Å². The van der Waals surface area contributed by atoms with Gasteiger partial charge < -0.3 is 0 Å². The van der Waals surface area contributed by atoms with Gasteiger partial charge in [-0.2, -0.15) is 5.26 Å². The number of hydrogen-bond acceptors (Lipinski definition) is 4. The average Bonchev–Trinajstić information content (AvgIpc) is 2.25. The quantitative estimate of drug-likeness (QED) is 0.612. The Hall–Kier alpha value is -1.38. The van der Waals surface area contributed by atoms with Crippen LogP contribution in [-0.2, 0) is 15.5 Å². The van der Waals surface area contributed by atoms with Crippen molar-refractivity contribution >= 4 is 26.0 Å². The predicted molar refractivity (Wildman–Crippen MR) is 59.0 cm³/mol. The Kier molecular flexibility index (Phi) is 3.68. The Labute approximate surface area is 97.9 Å². The molecule has 16 heavy (non-hydrogen) atoms. The van der Waals surface area contributed by atoms with E-state index in [1.165, 1.54) is 12.1 Å². The maximum absolute atomic E-state index is 11.2. The van der Waals surface area contributed by atoms with Crippen LogP contribution in [0.3, 0.4) is 0 Å². The second-order valence-corrected chi connectivity index (χ2v) is 5.56. The van der Waals surface area contributed by atoms with E-state index in [1.807, 2.05) is 6.07 Å². The number of benzene rings is 1. The number of nitriles is 1. The zero-order valence-electron chi connectivity index (χ0n) is 8.40. The molecule has 0 fully saturated rings. The van der Waals surface area contributed by atoms with Gasteiger partial charge in [-0.15, -0.1) is 0 Å². The summed E-state index contributed by atoms with van der Waals surface area (Å²) in [6.07, 6.45) is 0.798. The third kappa shape index (κ3) is 2.23. The summed E-state index contributed by atoms with van der Waals surface area (Å²) in [5.74, 6) is 0. The number of carbonyl (C=O) groups excluding carboxylic acids is 1. The monoisotopic (exact) mass is 257 g/mol. The first-order chi connectivity index (χ1) is 7.45. The molecule has 0 spiro atoms. The molecule has 0 aromatic heterocycles. The van der Waals surface area contributed by atoms with Gasteiger partial charge in [0.05, 0.1) is 16.5 Å². The van der Waals surface area contributed by atoms with Crippen LogP contribution in [0.2, 0.25) is 0 Å². The number of halogens is 1. The Balaban J connectivity index is 3.71. The highest BCUT2D eigenvalue weighted by Crippen LogP contribution is 2.24. The zero-order chi connectivity index (χ0) is 12.3. The van der Waals surface area contributed by atoms with Gasteiger partial charge in [0.1, 0.15) is 0 Å². The molecule has 0 saturated carbocycles. The van der Waals surface area contributed by atoms with E-state index >= 15 is 0 Å². The fourth-order valence-electron chi connectivity index (χ4n) is 1.47. The van der Waals surface area contributed by atoms with Crippen molar-refractivity contribution in [2.45, 2.75) is 18.2 Å². The van der Waals surface area contributed by atoms with E-state index < -0.39 is 9.05 Å². The number of nitrogens with zero attached hydrogens (tertiary/aromatic N) is 1. The van der Waals surface area contributed by atoms with Crippen molar-refractivity contribution in [1.82, 2.24) is 0 Å². The topological polar surface area (TPSA) is 75.0 Å². The Morgan fingerprint density at radius 2 is 2.12 bits per heavy atom. The van der Waals surface area contributed by atoms with Gasteiger partial charge in [-0.1, -0.05) is 6.92 Å². The van der Waals surface area contributed by atoms with Crippen LogP contribution in [0.4, 0.5) is 0 Å². The van der Waals surface area contributed by atoms with Crippen LogP contribution in [0.25, 0.3) is 0 Å². The van der Waals surface area contributed by atoms with Crippen molar-refractivity contribution in [2.75, 3.05) is 0 Å². The molecule has 0 atom stereocenters. The van der Waals surface area contributed by atoms with E-state index in [9.17, 15) is 13.2 Å². The van der Waals surface area contributed by atoms with E-state index in [1.54, 1.807) is 6.92 Å². The SMILES string of the molecule is CCc1c(C#N)ccc(S(=O)(=O)Cl)c1C=O. The molecule has 1 aromatic carbocycles. The highest BCUT2D eigenvalue weighted by Gasteiger charge is 2.19. The number of carbonyl (C=O) groups is 1. The summed E-state index contributed by atoms with van der Waals surface area (Å²) in [4.78, 5) is 10.6. The van der Waals surface area contributed by atoms with Crippen molar-refractivity contribution in [3.63, 3.8) is 0 Å². The van der Waals surface area contributed by atoms with Crippen molar-refractivity contribution in [1.29, 1.82) is 5.26 Å². The maximum atomic E-state index is 11.2. The van der Waals surface area contributed by atoms with Gasteiger partial charge in [-0.3, -0.25) is 4.79 Å². The van der Waals surface area contributed by atoms with Crippen LogP contribution in [0.5, 0.6) is 0 Å². The molecular weight excluding hydrogens is 250 g/mol. The molecule has 84 valence electrons. The summed E-state index contributed by atoms with van der Waals surface area (Å²) in [6, 6.07) is 4.42. The van der Waals surface area contributed by atoms with Crippen LogP contribution in [-0.4, -0.2) is 14.7 Å². The van der Waals surface area contributed by atoms with E-state index in [0.717, 1.165) is 0 Å². The summed E-state index contributed by atoms with van der Waals surface area (Å²) in [5.41, 5.74) is 0.657. The molecule has 1 rings (SSSR count). The van der Waals surface area contributed by atoms with Gasteiger partial charge in [0.25, 0.3) is 9.05 Å². The minimum absolute atomic E-state index is 0.0310. The molecule has 0 bridgehead atoms. The lowest BCUT2D eigenvalue weighted by molar-refractivity contribution is 0.111. The second-order valence-electron chi connectivity index (χ2n) is 3.02. The van der Waals surface area contributed by atoms with E-state index in [-0.39, 0.29) is 16.0 Å². The van der Waals surface area contributed by atoms with Crippen molar-refractivity contribution in [3.05, 3.63) is 28.8 Å². The smallest absolute Gasteiger partial charge is 0.262 e. The standard InChI is InChI=1S/C10H8ClNO3S/c1-2-8-7(5-12)3-4-10(9(8)6-13)16(11,14)15/h3-4,6H,2H2,1H3. The van der Waals surface area contributed by atoms with E-state index in [0.29, 0.717) is 18.3 Å². The van der Waals surface area contributed by atoms with Crippen LogP contribution in [0.15, 0.2) is 17.0 Å². The van der Waals surface area contributed by atoms with Gasteiger partial charge in [0.15, 0.2) is 6.29 Å². The average molecular weight is 258 g/mol. The summed E-state index contributed by atoms with van der Waals surface area (Å²) in [5, 5.41) is 8.81. The summed E-state index contributed by atoms with van der Waals surface area (Å²) in [6.45, 7) is 1.73. The van der Waals surface area contributed by atoms with Gasteiger partial charge >= 0.3 is 0 Å². The minimum atomic E-state index is -3.97. The normalized spacial score (nSPS) is 10.8. The molecule has 0 heterocycles. The molecule has 0 radical (unpaired) electrons. The molecule has 0 aliphatic heterocycles. The van der Waals surface area contributed by atoms with Gasteiger partial charge in [0, 0.05) is 16.2 Å². The molecule has 0 N–H and O–H groups in total. The van der Waals surface area contributed by atoms with Crippen LogP contribution in [0, 0.1) is 11.3 Å². The van der Waals surface area contributed by atoms with Crippen LogP contribution < -0.4 is 0 Å². The molecule has 6 heteroatoms. The lowest BCUT2D eigenvalue weighted by atomic mass is 10.0. The summed E-state index contributed by atoms with van der Waals surface area (Å²) < 4.78 is 22.4. The highest BCUT2D eigenvalue weighted by molar-refractivity contribution is 8.13. The Morgan fingerprint density at radius 3 is 2.50 bits per heavy atom. The first-order valence-corrected chi connectivity index (χ1v) is 6.72. The highest BCUT2D eigenvalue weighted by atomic mass is 35.7. The number of rotatable bonds is 3. The van der Waals surface area contributed by atoms with Crippen molar-refractivity contribution in [3.8, 4) is 6.07 Å². The van der Waals surface area contributed by atoms with Gasteiger partial charge in [-0.25, -0.2) is 8.42 Å². The Bertz CT molecular complexity index is 572. The lowest BCUT2D eigenvalue weighted by Gasteiger charge is -2.07. The van der Waals surface area contributed by atoms with Crippen LogP contribution >= 0.6 is 10.7 Å². The maximum Gasteiger partial charge on any atom is 0.262 e. The minimum Gasteiger partial charge on any atom is -0.298 e. The zero-order valence-corrected chi connectivity index (χ0v) is 9.97. The number of aldehydes is 1. The molecule has 0 amide bonds. The largest absolute Gasteiger partial charge is 0.298 e. The third-order valence-electron chi connectivity index (χ3n) is 2.17. The first-order valence-electron chi connectivity index (χ1n) is 4.41. The third-order valence-corrected chi connectivity index (χ3v) is 3.55. The summed E-state index contributed by atoms with van der Waals surface area (Å²) >= 11 is 0. The summed E-state index contributed by atoms with van der Waals surface area (Å²) in [7, 11) is 1.23. The van der Waals surface area contributed by atoms with E-state index in [4.69, 9.17) is 15.9 Å². The second kappa shape index (κ2) is 4.64. The number of hydrogen-bond donors (Lipinski definition) is 0. The van der Waals surface area contributed by atoms with Crippen LogP contribution in [0.1, 0.15) is 28.4 Å². The lowest BCUT2D eigenvalue weighted by Crippen LogP contribution is -2.03. The Morgan fingerprint density at radius 1 is 1.50 bits per heavy atom. The van der Waals surface area contributed by atoms with Crippen molar-refractivity contribution in [2.24, 2.45) is 0 Å². The molecule has 4 nitrogen and oxygen atoms in total. The van der Waals surface area contributed by atoms with E-state index in [2.05, 4.69) is 0 Å². The molecule has 0 unspecified atom stereocenters.